The Morgan fingerprint density at radius 3 is 2.55 bits per heavy atom. The molecule has 0 aromatic heterocycles. The van der Waals surface area contributed by atoms with Crippen molar-refractivity contribution >= 4 is 42.1 Å². The van der Waals surface area contributed by atoms with Crippen molar-refractivity contribution in [2.24, 2.45) is 10.7 Å². The maximum Gasteiger partial charge on any atom is 0.272 e. The average molecular weight is 410 g/mol. The van der Waals surface area contributed by atoms with Crippen molar-refractivity contribution in [2.45, 2.75) is 12.2 Å². The van der Waals surface area contributed by atoms with E-state index in [1.54, 1.807) is 12.1 Å². The van der Waals surface area contributed by atoms with Crippen LogP contribution in [0.4, 0.5) is 5.69 Å². The van der Waals surface area contributed by atoms with Crippen molar-refractivity contribution in [3.63, 3.8) is 0 Å². The molecule has 150 valence electrons. The number of nitrogens with zero attached hydrogens (tertiary/aromatic N) is 3. The van der Waals surface area contributed by atoms with Crippen LogP contribution in [0.15, 0.2) is 59.6 Å². The highest BCUT2D eigenvalue weighted by atomic mass is 32.1. The molecule has 0 fully saturated rings. The molecule has 1 aliphatic rings. The summed E-state index contributed by atoms with van der Waals surface area (Å²) in [5, 5.41) is 0. The van der Waals surface area contributed by atoms with Gasteiger partial charge < -0.3 is 20.3 Å². The standard InChI is InChI=1S/C21H22N4O3S/c1-24(20(27)16(22)13-29)19-21(28)25(11-12-26)17-10-6-5-9-15(17)18(23-19)14-7-3-2-4-8-14/h2-10,12,16,19,29H,11,13,22H2,1H3. The van der Waals surface area contributed by atoms with E-state index in [2.05, 4.69) is 17.6 Å². The number of benzodiazepines with no additional fused rings is 1. The van der Waals surface area contributed by atoms with Crippen molar-refractivity contribution in [2.75, 3.05) is 24.2 Å². The van der Waals surface area contributed by atoms with Gasteiger partial charge in [-0.05, 0) is 6.07 Å². The predicted molar refractivity (Wildman–Crippen MR) is 115 cm³/mol. The molecular weight excluding hydrogens is 388 g/mol. The third-order valence-electron chi connectivity index (χ3n) is 4.72. The number of likely N-dealkylation sites (N-methyl/N-ethyl adjacent to an activating group) is 1. The Kier molecular flexibility index (Phi) is 6.46. The lowest BCUT2D eigenvalue weighted by Gasteiger charge is -2.29. The zero-order valence-corrected chi connectivity index (χ0v) is 16.8. The molecule has 0 radical (unpaired) electrons. The van der Waals surface area contributed by atoms with E-state index in [0.717, 1.165) is 5.56 Å². The SMILES string of the molecule is CN(C(=O)C(N)CS)C1N=C(c2ccccc2)c2ccccc2N(CC=O)C1=O. The Morgan fingerprint density at radius 2 is 1.90 bits per heavy atom. The Balaban J connectivity index is 2.20. The molecule has 2 aromatic carbocycles. The molecule has 8 heteroatoms. The van der Waals surface area contributed by atoms with Crippen molar-refractivity contribution in [3.8, 4) is 0 Å². The number of amides is 2. The van der Waals surface area contributed by atoms with E-state index < -0.39 is 24.0 Å². The molecule has 0 saturated carbocycles. The topological polar surface area (TPSA) is 96.1 Å². The highest BCUT2D eigenvalue weighted by Crippen LogP contribution is 2.29. The summed E-state index contributed by atoms with van der Waals surface area (Å²) in [4.78, 5) is 44.5. The number of rotatable bonds is 6. The molecule has 1 heterocycles. The fraction of sp³-hybridized carbons (Fsp3) is 0.238. The van der Waals surface area contributed by atoms with Crippen molar-refractivity contribution in [1.82, 2.24) is 4.90 Å². The van der Waals surface area contributed by atoms with Crippen LogP contribution < -0.4 is 10.6 Å². The number of anilines is 1. The molecule has 29 heavy (non-hydrogen) atoms. The molecule has 2 atom stereocenters. The molecule has 2 N–H and O–H groups in total. The Bertz CT molecular complexity index is 948. The van der Waals surface area contributed by atoms with E-state index in [0.29, 0.717) is 23.2 Å². The first-order valence-corrected chi connectivity index (χ1v) is 9.73. The van der Waals surface area contributed by atoms with Crippen LogP contribution in [0.3, 0.4) is 0 Å². The highest BCUT2D eigenvalue weighted by Gasteiger charge is 2.36. The second kappa shape index (κ2) is 9.02. The lowest BCUT2D eigenvalue weighted by atomic mass is 10.0. The summed E-state index contributed by atoms with van der Waals surface area (Å²) in [6.07, 6.45) is -0.503. The number of hydrogen-bond donors (Lipinski definition) is 2. The van der Waals surface area contributed by atoms with E-state index in [4.69, 9.17) is 5.73 Å². The van der Waals surface area contributed by atoms with Crippen LogP contribution in [-0.4, -0.2) is 60.3 Å². The number of carbonyl (C=O) groups is 3. The summed E-state index contributed by atoms with van der Waals surface area (Å²) >= 11 is 4.07. The van der Waals surface area contributed by atoms with Crippen LogP contribution in [0.1, 0.15) is 11.1 Å². The maximum absolute atomic E-state index is 13.3. The number of fused-ring (bicyclic) bond motifs is 1. The molecule has 0 bridgehead atoms. The average Bonchev–Trinajstić information content (AvgIpc) is 2.88. The zero-order chi connectivity index (χ0) is 21.0. The van der Waals surface area contributed by atoms with Crippen LogP contribution in [0.5, 0.6) is 0 Å². The fourth-order valence-corrected chi connectivity index (χ4v) is 3.37. The first kappa shape index (κ1) is 20.8. The second-order valence-corrected chi connectivity index (χ2v) is 6.95. The molecule has 7 nitrogen and oxygen atoms in total. The predicted octanol–water partition coefficient (Wildman–Crippen LogP) is 1.11. The summed E-state index contributed by atoms with van der Waals surface area (Å²) in [6, 6.07) is 15.8. The molecule has 1 aliphatic heterocycles. The number of thiol groups is 1. The van der Waals surface area contributed by atoms with Gasteiger partial charge in [0.05, 0.1) is 24.0 Å². The molecule has 2 amide bonds. The molecule has 0 saturated heterocycles. The number of hydrogen-bond acceptors (Lipinski definition) is 6. The van der Waals surface area contributed by atoms with E-state index in [1.807, 2.05) is 42.5 Å². The summed E-state index contributed by atoms with van der Waals surface area (Å²) in [7, 11) is 1.48. The monoisotopic (exact) mass is 410 g/mol. The third-order valence-corrected chi connectivity index (χ3v) is 5.11. The minimum Gasteiger partial charge on any atom is -0.319 e. The number of benzene rings is 2. The molecule has 2 aromatic rings. The first-order chi connectivity index (χ1) is 14.0. The van der Waals surface area contributed by atoms with E-state index in [9.17, 15) is 14.4 Å². The van der Waals surface area contributed by atoms with Gasteiger partial charge in [-0.1, -0.05) is 48.5 Å². The smallest absolute Gasteiger partial charge is 0.272 e. The minimum atomic E-state index is -1.16. The summed E-state index contributed by atoms with van der Waals surface area (Å²) in [6.45, 7) is -0.148. The van der Waals surface area contributed by atoms with Crippen LogP contribution in [0.25, 0.3) is 0 Å². The number of carbonyl (C=O) groups excluding carboxylic acids is 3. The van der Waals surface area contributed by atoms with Gasteiger partial charge in [0, 0.05) is 23.9 Å². The quantitative estimate of drug-likeness (QED) is 0.551. The number of aliphatic imine (C=N–C) groups is 1. The van der Waals surface area contributed by atoms with Gasteiger partial charge in [0.2, 0.25) is 12.1 Å². The lowest BCUT2D eigenvalue weighted by molar-refractivity contribution is -0.138. The normalized spacial score (nSPS) is 17.1. The van der Waals surface area contributed by atoms with E-state index in [-0.39, 0.29) is 12.3 Å². The molecular formula is C21H22N4O3S. The third kappa shape index (κ3) is 4.08. The van der Waals surface area contributed by atoms with Crippen molar-refractivity contribution in [1.29, 1.82) is 0 Å². The Morgan fingerprint density at radius 1 is 1.24 bits per heavy atom. The summed E-state index contributed by atoms with van der Waals surface area (Å²) < 4.78 is 0. The van der Waals surface area contributed by atoms with Gasteiger partial charge in [0.15, 0.2) is 0 Å². The maximum atomic E-state index is 13.3. The van der Waals surface area contributed by atoms with Gasteiger partial charge in [-0.2, -0.15) is 12.6 Å². The summed E-state index contributed by atoms with van der Waals surface area (Å²) in [5.74, 6) is -0.790. The molecule has 0 spiro atoms. The van der Waals surface area contributed by atoms with E-state index in [1.165, 1.54) is 16.8 Å². The number of nitrogens with two attached hydrogens (primary N) is 1. The van der Waals surface area contributed by atoms with Gasteiger partial charge in [-0.15, -0.1) is 0 Å². The fourth-order valence-electron chi connectivity index (χ4n) is 3.22. The van der Waals surface area contributed by atoms with Gasteiger partial charge in [0.25, 0.3) is 5.91 Å². The van der Waals surface area contributed by atoms with Crippen LogP contribution in [0, 0.1) is 0 Å². The van der Waals surface area contributed by atoms with Gasteiger partial charge in [-0.25, -0.2) is 4.99 Å². The second-order valence-electron chi connectivity index (χ2n) is 6.59. The Labute approximate surface area is 174 Å². The van der Waals surface area contributed by atoms with Crippen molar-refractivity contribution in [3.05, 3.63) is 65.7 Å². The van der Waals surface area contributed by atoms with Crippen LogP contribution in [0.2, 0.25) is 0 Å². The zero-order valence-electron chi connectivity index (χ0n) is 15.9. The molecule has 0 aliphatic carbocycles. The minimum absolute atomic E-state index is 0.137. The summed E-state index contributed by atoms with van der Waals surface area (Å²) in [5.41, 5.74) is 8.46. The molecule has 3 rings (SSSR count). The van der Waals surface area contributed by atoms with Gasteiger partial charge in [-0.3, -0.25) is 9.59 Å². The lowest BCUT2D eigenvalue weighted by Crippen LogP contribution is -2.53. The highest BCUT2D eigenvalue weighted by molar-refractivity contribution is 7.80. The first-order valence-electron chi connectivity index (χ1n) is 9.10. The Hall–Kier alpha value is -2.97. The number of aldehydes is 1. The van der Waals surface area contributed by atoms with Crippen LogP contribution >= 0.6 is 12.6 Å². The van der Waals surface area contributed by atoms with Gasteiger partial charge >= 0.3 is 0 Å². The van der Waals surface area contributed by atoms with Crippen molar-refractivity contribution < 1.29 is 14.4 Å². The van der Waals surface area contributed by atoms with Gasteiger partial charge in [0.1, 0.15) is 6.29 Å². The molecule has 2 unspecified atom stereocenters. The largest absolute Gasteiger partial charge is 0.319 e. The van der Waals surface area contributed by atoms with E-state index >= 15 is 0 Å². The van der Waals surface area contributed by atoms with Crippen LogP contribution in [-0.2, 0) is 14.4 Å². The number of para-hydroxylation sites is 1.